The van der Waals surface area contributed by atoms with E-state index in [0.717, 1.165) is 5.56 Å². The molecule has 2 aromatic heterocycles. The van der Waals surface area contributed by atoms with Gasteiger partial charge < -0.3 is 9.42 Å². The van der Waals surface area contributed by atoms with Gasteiger partial charge in [-0.1, -0.05) is 18.1 Å². The van der Waals surface area contributed by atoms with Crippen molar-refractivity contribution in [1.82, 2.24) is 20.0 Å². The Morgan fingerprint density at radius 3 is 2.92 bits per heavy atom. The SMILES string of the molecule is C[C@H]1CN(C(=O)c2cccc(F)c2)C[C@@H]1c1nc(-c2cccnc2)no1. The van der Waals surface area contributed by atoms with Crippen LogP contribution in [0.15, 0.2) is 53.3 Å². The monoisotopic (exact) mass is 352 g/mol. The lowest BCUT2D eigenvalue weighted by Gasteiger charge is -2.15. The highest BCUT2D eigenvalue weighted by atomic mass is 19.1. The summed E-state index contributed by atoms with van der Waals surface area (Å²) in [6.07, 6.45) is 3.35. The Hall–Kier alpha value is -3.09. The molecule has 4 rings (SSSR count). The fraction of sp³-hybridized carbons (Fsp3) is 0.263. The third-order valence-electron chi connectivity index (χ3n) is 4.65. The zero-order chi connectivity index (χ0) is 18.1. The van der Waals surface area contributed by atoms with Crippen LogP contribution >= 0.6 is 0 Å². The highest BCUT2D eigenvalue weighted by molar-refractivity contribution is 5.94. The largest absolute Gasteiger partial charge is 0.339 e. The number of carbonyl (C=O) groups is 1. The van der Waals surface area contributed by atoms with Gasteiger partial charge in [0.2, 0.25) is 11.7 Å². The van der Waals surface area contributed by atoms with E-state index in [-0.39, 0.29) is 17.7 Å². The van der Waals surface area contributed by atoms with E-state index in [1.807, 2.05) is 19.1 Å². The van der Waals surface area contributed by atoms with Crippen LogP contribution < -0.4 is 0 Å². The summed E-state index contributed by atoms with van der Waals surface area (Å²) in [5.74, 6) is 0.491. The molecule has 0 spiro atoms. The summed E-state index contributed by atoms with van der Waals surface area (Å²) in [5, 5.41) is 4.03. The molecule has 1 aliphatic heterocycles. The first-order valence-corrected chi connectivity index (χ1v) is 8.40. The second-order valence-corrected chi connectivity index (χ2v) is 6.50. The number of nitrogens with zero attached hydrogens (tertiary/aromatic N) is 4. The Labute approximate surface area is 149 Å². The Kier molecular flexibility index (Phi) is 4.20. The number of likely N-dealkylation sites (tertiary alicyclic amines) is 1. The maximum Gasteiger partial charge on any atom is 0.253 e. The normalized spacial score (nSPS) is 19.7. The van der Waals surface area contributed by atoms with E-state index in [1.165, 1.54) is 18.2 Å². The van der Waals surface area contributed by atoms with Crippen molar-refractivity contribution in [2.45, 2.75) is 12.8 Å². The number of pyridine rings is 1. The number of benzene rings is 1. The molecule has 1 amide bonds. The van der Waals surface area contributed by atoms with Crippen LogP contribution in [0.25, 0.3) is 11.4 Å². The van der Waals surface area contributed by atoms with Gasteiger partial charge in [-0.3, -0.25) is 9.78 Å². The van der Waals surface area contributed by atoms with Gasteiger partial charge in [-0.05, 0) is 36.2 Å². The van der Waals surface area contributed by atoms with Crippen molar-refractivity contribution in [1.29, 1.82) is 0 Å². The van der Waals surface area contributed by atoms with Gasteiger partial charge in [0.15, 0.2) is 0 Å². The van der Waals surface area contributed by atoms with Gasteiger partial charge in [0.1, 0.15) is 5.82 Å². The first-order valence-electron chi connectivity index (χ1n) is 8.40. The first kappa shape index (κ1) is 16.4. The number of hydrogen-bond donors (Lipinski definition) is 0. The van der Waals surface area contributed by atoms with E-state index in [1.54, 1.807) is 23.4 Å². The molecular formula is C19H17FN4O2. The van der Waals surface area contributed by atoms with Crippen LogP contribution in [0.4, 0.5) is 4.39 Å². The average Bonchev–Trinajstić information content (AvgIpc) is 3.28. The molecule has 0 radical (unpaired) electrons. The van der Waals surface area contributed by atoms with Crippen molar-refractivity contribution in [2.75, 3.05) is 13.1 Å². The maximum atomic E-state index is 13.4. The van der Waals surface area contributed by atoms with Crippen LogP contribution in [0.3, 0.4) is 0 Å². The van der Waals surface area contributed by atoms with Gasteiger partial charge in [0.25, 0.3) is 5.91 Å². The number of aromatic nitrogens is 3. The molecule has 0 aliphatic carbocycles. The topological polar surface area (TPSA) is 72.1 Å². The molecule has 1 aliphatic rings. The molecule has 1 saturated heterocycles. The predicted octanol–water partition coefficient (Wildman–Crippen LogP) is 3.15. The number of rotatable bonds is 3. The van der Waals surface area contributed by atoms with Gasteiger partial charge >= 0.3 is 0 Å². The minimum absolute atomic E-state index is 0.0505. The summed E-state index contributed by atoms with van der Waals surface area (Å²) < 4.78 is 18.8. The van der Waals surface area contributed by atoms with E-state index in [4.69, 9.17) is 4.52 Å². The fourth-order valence-corrected chi connectivity index (χ4v) is 3.26. The predicted molar refractivity (Wildman–Crippen MR) is 91.7 cm³/mol. The van der Waals surface area contributed by atoms with Crippen LogP contribution in [0.2, 0.25) is 0 Å². The van der Waals surface area contributed by atoms with Crippen molar-refractivity contribution in [3.05, 3.63) is 66.1 Å². The van der Waals surface area contributed by atoms with Crippen LogP contribution in [0.5, 0.6) is 0 Å². The number of hydrogen-bond acceptors (Lipinski definition) is 5. The molecule has 0 saturated carbocycles. The van der Waals surface area contributed by atoms with Gasteiger partial charge in [-0.15, -0.1) is 0 Å². The van der Waals surface area contributed by atoms with Crippen LogP contribution in [-0.4, -0.2) is 39.0 Å². The molecular weight excluding hydrogens is 335 g/mol. The molecule has 3 heterocycles. The Balaban J connectivity index is 1.52. The first-order chi connectivity index (χ1) is 12.6. The van der Waals surface area contributed by atoms with Crippen LogP contribution in [0, 0.1) is 11.7 Å². The van der Waals surface area contributed by atoms with E-state index >= 15 is 0 Å². The summed E-state index contributed by atoms with van der Waals surface area (Å²) >= 11 is 0. The molecule has 6 nitrogen and oxygen atoms in total. The lowest BCUT2D eigenvalue weighted by atomic mass is 9.98. The summed E-state index contributed by atoms with van der Waals surface area (Å²) in [7, 11) is 0. The minimum atomic E-state index is -0.419. The van der Waals surface area contributed by atoms with Gasteiger partial charge in [-0.2, -0.15) is 4.98 Å². The van der Waals surface area contributed by atoms with Crippen molar-refractivity contribution >= 4 is 5.91 Å². The lowest BCUT2D eigenvalue weighted by molar-refractivity contribution is 0.0785. The Morgan fingerprint density at radius 2 is 2.15 bits per heavy atom. The third kappa shape index (κ3) is 3.08. The molecule has 7 heteroatoms. The molecule has 2 atom stereocenters. The zero-order valence-corrected chi connectivity index (χ0v) is 14.2. The highest BCUT2D eigenvalue weighted by Crippen LogP contribution is 2.33. The Morgan fingerprint density at radius 1 is 1.27 bits per heavy atom. The Bertz CT molecular complexity index is 928. The van der Waals surface area contributed by atoms with Crippen LogP contribution in [0.1, 0.15) is 29.1 Å². The molecule has 0 unspecified atom stereocenters. The summed E-state index contributed by atoms with van der Waals surface area (Å²) in [6, 6.07) is 9.41. The van der Waals surface area contributed by atoms with Gasteiger partial charge in [0.05, 0.1) is 5.92 Å². The van der Waals surface area contributed by atoms with E-state index in [0.29, 0.717) is 30.4 Å². The standard InChI is InChI=1S/C19H17FN4O2/c1-12-10-24(19(25)13-4-2-6-15(20)8-13)11-16(12)18-22-17(23-26-18)14-5-3-7-21-9-14/h2-9,12,16H,10-11H2,1H3/t12-,16-/m0/s1. The van der Waals surface area contributed by atoms with Crippen molar-refractivity contribution in [2.24, 2.45) is 5.92 Å². The van der Waals surface area contributed by atoms with Gasteiger partial charge in [-0.25, -0.2) is 4.39 Å². The van der Waals surface area contributed by atoms with E-state index in [9.17, 15) is 9.18 Å². The fourth-order valence-electron chi connectivity index (χ4n) is 3.26. The van der Waals surface area contributed by atoms with Gasteiger partial charge in [0, 0.05) is 36.6 Å². The molecule has 0 bridgehead atoms. The molecule has 0 N–H and O–H groups in total. The molecule has 1 fully saturated rings. The second-order valence-electron chi connectivity index (χ2n) is 6.50. The summed E-state index contributed by atoms with van der Waals surface area (Å²) in [4.78, 5) is 22.9. The smallest absolute Gasteiger partial charge is 0.253 e. The van der Waals surface area contributed by atoms with Crippen LogP contribution in [-0.2, 0) is 0 Å². The zero-order valence-electron chi connectivity index (χ0n) is 14.2. The second kappa shape index (κ2) is 6.67. The molecule has 26 heavy (non-hydrogen) atoms. The highest BCUT2D eigenvalue weighted by Gasteiger charge is 2.37. The third-order valence-corrected chi connectivity index (χ3v) is 4.65. The molecule has 3 aromatic rings. The van der Waals surface area contributed by atoms with Crippen molar-refractivity contribution < 1.29 is 13.7 Å². The number of halogens is 1. The minimum Gasteiger partial charge on any atom is -0.339 e. The molecule has 1 aromatic carbocycles. The lowest BCUT2D eigenvalue weighted by Crippen LogP contribution is -2.28. The average molecular weight is 352 g/mol. The van der Waals surface area contributed by atoms with E-state index in [2.05, 4.69) is 15.1 Å². The van der Waals surface area contributed by atoms with E-state index < -0.39 is 5.82 Å². The number of amides is 1. The van der Waals surface area contributed by atoms with Crippen molar-refractivity contribution in [3.8, 4) is 11.4 Å². The summed E-state index contributed by atoms with van der Waals surface area (Å²) in [5.41, 5.74) is 1.13. The maximum absolute atomic E-state index is 13.4. The number of carbonyl (C=O) groups excluding carboxylic acids is 1. The molecule has 132 valence electrons. The quantitative estimate of drug-likeness (QED) is 0.724. The van der Waals surface area contributed by atoms with Crippen molar-refractivity contribution in [3.63, 3.8) is 0 Å². The summed E-state index contributed by atoms with van der Waals surface area (Å²) in [6.45, 7) is 3.06.